The number of nitrogens with two attached hydrogens (primary N) is 1. The average molecular weight is 579 g/mol. The molecular formula is C10H13NO2SW2. The van der Waals surface area contributed by atoms with Crippen LogP contribution in [0.15, 0.2) is 17.0 Å². The van der Waals surface area contributed by atoms with Gasteiger partial charge < -0.3 is 6.92 Å². The fraction of sp³-hybridized carbons (Fsp3) is 0.200. The first-order valence-corrected chi connectivity index (χ1v) is 5.68. The molecule has 1 rings (SSSR count). The van der Waals surface area contributed by atoms with Crippen LogP contribution in [0.5, 0.6) is 0 Å². The quantitative estimate of drug-likeness (QED) is 0.537. The van der Waals surface area contributed by atoms with Crippen LogP contribution in [-0.4, -0.2) is 8.42 Å². The Hall–Kier alpha value is 0.377. The van der Waals surface area contributed by atoms with Gasteiger partial charge >= 0.3 is 21.1 Å². The van der Waals surface area contributed by atoms with Gasteiger partial charge in [-0.1, -0.05) is 5.56 Å². The van der Waals surface area contributed by atoms with Crippen molar-refractivity contribution in [2.75, 3.05) is 0 Å². The first kappa shape index (κ1) is 18.7. The number of aryl methyl sites for hydroxylation is 1. The van der Waals surface area contributed by atoms with Crippen molar-refractivity contribution in [1.29, 1.82) is 0 Å². The van der Waals surface area contributed by atoms with Crippen LogP contribution < -0.4 is 5.14 Å². The zero-order chi connectivity index (χ0) is 10.9. The minimum atomic E-state index is -3.64. The molecular weight excluding hydrogens is 566 g/mol. The topological polar surface area (TPSA) is 60.2 Å². The number of hydrogen-bond acceptors (Lipinski definition) is 2. The molecule has 88 valence electrons. The number of rotatable bonds is 2. The summed E-state index contributed by atoms with van der Waals surface area (Å²) in [5.41, 5.74) is 2.24. The Balaban J connectivity index is 0. The van der Waals surface area contributed by atoms with E-state index in [4.69, 9.17) is 5.14 Å². The van der Waals surface area contributed by atoms with Gasteiger partial charge in [0.05, 0.1) is 0 Å². The summed E-state index contributed by atoms with van der Waals surface area (Å²) >= 11 is 0. The van der Waals surface area contributed by atoms with Gasteiger partial charge in [-0.3, -0.25) is 0 Å². The zero-order valence-corrected chi connectivity index (χ0v) is 15.6. The summed E-state index contributed by atoms with van der Waals surface area (Å²) < 4.78 is 22.3. The van der Waals surface area contributed by atoms with E-state index in [9.17, 15) is 8.42 Å². The Labute approximate surface area is 126 Å². The number of sulfonamides is 1. The fourth-order valence-corrected chi connectivity index (χ4v) is 2.14. The minimum Gasteiger partial charge on any atom is -0.350 e. The molecule has 0 fully saturated rings. The molecule has 1 aromatic rings. The molecule has 0 aliphatic carbocycles. The third-order valence-corrected chi connectivity index (χ3v) is 3.13. The van der Waals surface area contributed by atoms with E-state index in [1.165, 1.54) is 6.07 Å². The van der Waals surface area contributed by atoms with Gasteiger partial charge in [0, 0.05) is 26.0 Å². The maximum atomic E-state index is 11.1. The fourth-order valence-electron chi connectivity index (χ4n) is 1.33. The molecule has 0 radical (unpaired) electrons. The first-order chi connectivity index (χ1) is 6.36. The second-order valence-electron chi connectivity index (χ2n) is 3.18. The largest absolute Gasteiger partial charge is 2.00 e. The van der Waals surface area contributed by atoms with Crippen molar-refractivity contribution < 1.29 is 50.5 Å². The summed E-state index contributed by atoms with van der Waals surface area (Å²) in [6, 6.07) is 3.25. The molecule has 0 unspecified atom stereocenters. The molecule has 0 saturated carbocycles. The van der Waals surface area contributed by atoms with Crippen LogP contribution in [0.25, 0.3) is 0 Å². The van der Waals surface area contributed by atoms with Gasteiger partial charge in [-0.2, -0.15) is 18.1 Å². The van der Waals surface area contributed by atoms with E-state index >= 15 is 0 Å². The van der Waals surface area contributed by atoms with Crippen molar-refractivity contribution in [3.63, 3.8) is 0 Å². The Bertz CT molecular complexity index is 458. The SMILES string of the molecule is [CH2-]Cc1cc(C)c(S(N)(=O)=O)cc1[CH2-].[W+2].[W]. The normalized spacial score (nSPS) is 10.2. The average Bonchev–Trinajstić information content (AvgIpc) is 2.06. The van der Waals surface area contributed by atoms with Crippen molar-refractivity contribution in [2.24, 2.45) is 5.14 Å². The van der Waals surface area contributed by atoms with Crippen LogP contribution in [-0.2, 0) is 58.6 Å². The zero-order valence-electron chi connectivity index (χ0n) is 8.89. The molecule has 0 amide bonds. The predicted octanol–water partition coefficient (Wildman–Crippen LogP) is 1.20. The first-order valence-electron chi connectivity index (χ1n) is 4.13. The molecule has 16 heavy (non-hydrogen) atoms. The van der Waals surface area contributed by atoms with Crippen LogP contribution in [0, 0.1) is 20.8 Å². The summed E-state index contributed by atoms with van der Waals surface area (Å²) in [5, 5.41) is 5.05. The Kier molecular flexibility index (Phi) is 8.14. The summed E-state index contributed by atoms with van der Waals surface area (Å²) in [4.78, 5) is 0.139. The maximum Gasteiger partial charge on any atom is 2.00 e. The summed E-state index contributed by atoms with van der Waals surface area (Å²) in [6.45, 7) is 9.18. The molecule has 0 spiro atoms. The molecule has 0 aliphatic heterocycles. The van der Waals surface area contributed by atoms with Crippen LogP contribution >= 0.6 is 0 Å². The molecule has 0 aliphatic rings. The number of benzene rings is 1. The molecule has 3 nitrogen and oxygen atoms in total. The maximum absolute atomic E-state index is 11.1. The van der Waals surface area contributed by atoms with Gasteiger partial charge in [0.1, 0.15) is 0 Å². The van der Waals surface area contributed by atoms with E-state index in [-0.39, 0.29) is 47.0 Å². The van der Waals surface area contributed by atoms with E-state index in [0.29, 0.717) is 17.5 Å². The molecule has 0 heterocycles. The molecule has 0 bridgehead atoms. The van der Waals surface area contributed by atoms with Crippen molar-refractivity contribution in [1.82, 2.24) is 0 Å². The van der Waals surface area contributed by atoms with Gasteiger partial charge in [0.15, 0.2) is 0 Å². The van der Waals surface area contributed by atoms with Gasteiger partial charge in [-0.15, -0.1) is 12.1 Å². The second-order valence-corrected chi connectivity index (χ2v) is 4.71. The number of primary sulfonamides is 1. The van der Waals surface area contributed by atoms with E-state index < -0.39 is 10.0 Å². The molecule has 2 N–H and O–H groups in total. The molecule has 6 heteroatoms. The van der Waals surface area contributed by atoms with Crippen molar-refractivity contribution in [3.05, 3.63) is 42.7 Å². The van der Waals surface area contributed by atoms with E-state index in [0.717, 1.165) is 5.56 Å². The van der Waals surface area contributed by atoms with Crippen LogP contribution in [0.4, 0.5) is 0 Å². The molecule has 1 aromatic carbocycles. The van der Waals surface area contributed by atoms with Crippen LogP contribution in [0.2, 0.25) is 0 Å². The minimum absolute atomic E-state index is 0. The predicted molar refractivity (Wildman–Crippen MR) is 56.1 cm³/mol. The summed E-state index contributed by atoms with van der Waals surface area (Å²) in [6.07, 6.45) is 0.588. The molecule has 0 saturated heterocycles. The Morgan fingerprint density at radius 2 is 1.88 bits per heavy atom. The van der Waals surface area contributed by atoms with E-state index in [2.05, 4.69) is 13.8 Å². The van der Waals surface area contributed by atoms with E-state index in [1.807, 2.05) is 0 Å². The summed E-state index contributed by atoms with van der Waals surface area (Å²) in [7, 11) is -3.64. The van der Waals surface area contributed by atoms with Crippen molar-refractivity contribution >= 4 is 10.0 Å². The van der Waals surface area contributed by atoms with Crippen LogP contribution in [0.1, 0.15) is 16.7 Å². The van der Waals surface area contributed by atoms with E-state index in [1.54, 1.807) is 13.0 Å². The second kappa shape index (κ2) is 6.95. The molecule has 0 atom stereocenters. The van der Waals surface area contributed by atoms with Crippen molar-refractivity contribution in [2.45, 2.75) is 18.2 Å². The Morgan fingerprint density at radius 3 is 2.25 bits per heavy atom. The third-order valence-electron chi connectivity index (χ3n) is 2.07. The summed E-state index contributed by atoms with van der Waals surface area (Å²) in [5.74, 6) is 0. The Morgan fingerprint density at radius 1 is 1.38 bits per heavy atom. The number of hydrogen-bond donors (Lipinski definition) is 1. The van der Waals surface area contributed by atoms with Gasteiger partial charge in [-0.05, 0) is 6.92 Å². The monoisotopic (exact) mass is 579 g/mol. The molecule has 0 aromatic heterocycles. The van der Waals surface area contributed by atoms with Gasteiger partial charge in [0.25, 0.3) is 0 Å². The smallest absolute Gasteiger partial charge is 0.350 e. The van der Waals surface area contributed by atoms with Crippen LogP contribution in [0.3, 0.4) is 0 Å². The van der Waals surface area contributed by atoms with Gasteiger partial charge in [-0.25, -0.2) is 20.0 Å². The standard InChI is InChI=1S/C10H13NO2S.2W/c1-4-9-5-8(3)10(6-7(9)2)14(11,12)13;;/h5-6H,1-2,4H2,3H3,(H2,11,12,13);;/q-2;;+2. The van der Waals surface area contributed by atoms with Gasteiger partial charge in [0.2, 0.25) is 10.0 Å². The van der Waals surface area contributed by atoms with Crippen molar-refractivity contribution in [3.8, 4) is 0 Å². The third kappa shape index (κ3) is 4.33.